The highest BCUT2D eigenvalue weighted by Gasteiger charge is 2.30. The highest BCUT2D eigenvalue weighted by atomic mass is 35.5. The zero-order chi connectivity index (χ0) is 15.1. The molecule has 0 radical (unpaired) electrons. The fourth-order valence-corrected chi connectivity index (χ4v) is 3.54. The van der Waals surface area contributed by atoms with Gasteiger partial charge in [0.2, 0.25) is 0 Å². The van der Waals surface area contributed by atoms with E-state index in [0.717, 1.165) is 25.6 Å². The van der Waals surface area contributed by atoms with Gasteiger partial charge in [-0.1, -0.05) is 6.92 Å². The lowest BCUT2D eigenvalue weighted by Gasteiger charge is -2.36. The van der Waals surface area contributed by atoms with Crippen LogP contribution in [-0.4, -0.2) is 34.6 Å². The van der Waals surface area contributed by atoms with E-state index in [9.17, 15) is 8.78 Å². The number of fused-ring (bicyclic) bond motifs is 1. The van der Waals surface area contributed by atoms with E-state index in [4.69, 9.17) is 11.6 Å². The minimum atomic E-state index is -0.842. The Hall–Kier alpha value is -1.20. The van der Waals surface area contributed by atoms with Gasteiger partial charge in [-0.15, -0.1) is 11.6 Å². The SMILES string of the molecule is CC1CN(C)CCC1n1c(CCl)nc2ccc(F)c(F)c21. The lowest BCUT2D eigenvalue weighted by atomic mass is 9.93. The molecule has 1 aromatic carbocycles. The average Bonchev–Trinajstić information content (AvgIpc) is 2.82. The van der Waals surface area contributed by atoms with Crippen molar-refractivity contribution in [3.63, 3.8) is 0 Å². The predicted molar refractivity (Wildman–Crippen MR) is 79.5 cm³/mol. The van der Waals surface area contributed by atoms with E-state index in [1.807, 2.05) is 4.57 Å². The maximum absolute atomic E-state index is 14.3. The Morgan fingerprint density at radius 2 is 2.14 bits per heavy atom. The number of halogens is 3. The molecule has 21 heavy (non-hydrogen) atoms. The molecule has 3 nitrogen and oxygen atoms in total. The second-order valence-corrected chi connectivity index (χ2v) is 6.12. The van der Waals surface area contributed by atoms with E-state index >= 15 is 0 Å². The fraction of sp³-hybridized carbons (Fsp3) is 0.533. The number of hydrogen-bond acceptors (Lipinski definition) is 2. The summed E-state index contributed by atoms with van der Waals surface area (Å²) in [5.74, 6) is -0.550. The summed E-state index contributed by atoms with van der Waals surface area (Å²) in [6, 6.07) is 2.72. The van der Waals surface area contributed by atoms with Crippen LogP contribution in [0.2, 0.25) is 0 Å². The van der Waals surface area contributed by atoms with Gasteiger partial charge < -0.3 is 9.47 Å². The zero-order valence-corrected chi connectivity index (χ0v) is 12.9. The van der Waals surface area contributed by atoms with Gasteiger partial charge in [-0.05, 0) is 38.1 Å². The van der Waals surface area contributed by atoms with Crippen molar-refractivity contribution < 1.29 is 8.78 Å². The van der Waals surface area contributed by atoms with Crippen LogP contribution in [0.4, 0.5) is 8.78 Å². The third kappa shape index (κ3) is 2.42. The molecule has 0 saturated carbocycles. The van der Waals surface area contributed by atoms with Crippen LogP contribution in [0.25, 0.3) is 11.0 Å². The Morgan fingerprint density at radius 1 is 1.38 bits per heavy atom. The molecule has 1 aliphatic rings. The van der Waals surface area contributed by atoms with Crippen molar-refractivity contribution in [1.29, 1.82) is 0 Å². The van der Waals surface area contributed by atoms with Crippen LogP contribution in [0.5, 0.6) is 0 Å². The van der Waals surface area contributed by atoms with Crippen molar-refractivity contribution in [3.05, 3.63) is 29.6 Å². The first-order valence-corrected chi connectivity index (χ1v) is 7.65. The number of likely N-dealkylation sites (tertiary alicyclic amines) is 1. The minimum absolute atomic E-state index is 0.0938. The molecular formula is C15H18ClF2N3. The summed E-state index contributed by atoms with van der Waals surface area (Å²) in [6.45, 7) is 3.97. The number of imidazole rings is 1. The predicted octanol–water partition coefficient (Wildman–Crippen LogP) is 3.57. The van der Waals surface area contributed by atoms with Gasteiger partial charge in [0.15, 0.2) is 11.6 Å². The van der Waals surface area contributed by atoms with Crippen LogP contribution in [0.15, 0.2) is 12.1 Å². The van der Waals surface area contributed by atoms with Gasteiger partial charge in [-0.25, -0.2) is 13.8 Å². The molecule has 2 atom stereocenters. The summed E-state index contributed by atoms with van der Waals surface area (Å²) in [7, 11) is 2.07. The first kappa shape index (κ1) is 14.7. The second-order valence-electron chi connectivity index (χ2n) is 5.86. The topological polar surface area (TPSA) is 21.1 Å². The van der Waals surface area contributed by atoms with Gasteiger partial charge in [0.05, 0.1) is 11.4 Å². The highest BCUT2D eigenvalue weighted by molar-refractivity contribution is 6.16. The van der Waals surface area contributed by atoms with E-state index in [-0.39, 0.29) is 17.4 Å². The first-order valence-electron chi connectivity index (χ1n) is 7.12. The van der Waals surface area contributed by atoms with Crippen LogP contribution in [0.3, 0.4) is 0 Å². The summed E-state index contributed by atoms with van der Waals surface area (Å²) in [5.41, 5.74) is 0.711. The van der Waals surface area contributed by atoms with Crippen LogP contribution >= 0.6 is 11.6 Å². The number of alkyl halides is 1. The molecule has 6 heteroatoms. The maximum atomic E-state index is 14.3. The summed E-state index contributed by atoms with van der Waals surface area (Å²) < 4.78 is 29.7. The number of hydrogen-bond donors (Lipinski definition) is 0. The molecule has 2 aromatic rings. The number of aromatic nitrogens is 2. The molecular weight excluding hydrogens is 296 g/mol. The Kier molecular flexibility index (Phi) is 3.88. The molecule has 3 rings (SSSR count). The Balaban J connectivity index is 2.18. The number of benzene rings is 1. The van der Waals surface area contributed by atoms with E-state index in [1.165, 1.54) is 6.07 Å². The van der Waals surface area contributed by atoms with Crippen molar-refractivity contribution in [2.75, 3.05) is 20.1 Å². The smallest absolute Gasteiger partial charge is 0.184 e. The third-order valence-electron chi connectivity index (χ3n) is 4.33. The largest absolute Gasteiger partial charge is 0.321 e. The molecule has 114 valence electrons. The van der Waals surface area contributed by atoms with E-state index < -0.39 is 11.6 Å². The lowest BCUT2D eigenvalue weighted by molar-refractivity contribution is 0.159. The van der Waals surface area contributed by atoms with Gasteiger partial charge in [0.1, 0.15) is 11.3 Å². The molecule has 1 aromatic heterocycles. The monoisotopic (exact) mass is 313 g/mol. The Labute approximate surface area is 127 Å². The van der Waals surface area contributed by atoms with Crippen molar-refractivity contribution in [3.8, 4) is 0 Å². The Bertz CT molecular complexity index is 670. The zero-order valence-electron chi connectivity index (χ0n) is 12.1. The number of piperidine rings is 1. The molecule has 0 spiro atoms. The van der Waals surface area contributed by atoms with Crippen molar-refractivity contribution >= 4 is 22.6 Å². The maximum Gasteiger partial charge on any atom is 0.184 e. The van der Waals surface area contributed by atoms with Gasteiger partial charge in [-0.3, -0.25) is 0 Å². The van der Waals surface area contributed by atoms with Gasteiger partial charge in [-0.2, -0.15) is 0 Å². The quantitative estimate of drug-likeness (QED) is 0.790. The summed E-state index contributed by atoms with van der Waals surface area (Å²) in [4.78, 5) is 6.62. The van der Waals surface area contributed by atoms with Crippen molar-refractivity contribution in [2.45, 2.75) is 25.3 Å². The second kappa shape index (κ2) is 5.54. The van der Waals surface area contributed by atoms with Crippen LogP contribution in [-0.2, 0) is 5.88 Å². The van der Waals surface area contributed by atoms with Crippen LogP contribution in [0, 0.1) is 17.6 Å². The number of rotatable bonds is 2. The molecule has 0 N–H and O–H groups in total. The first-order chi connectivity index (χ1) is 10.0. The van der Waals surface area contributed by atoms with Crippen LogP contribution in [0.1, 0.15) is 25.2 Å². The van der Waals surface area contributed by atoms with Gasteiger partial charge in [0.25, 0.3) is 0 Å². The summed E-state index contributed by atoms with van der Waals surface area (Å²) in [6.07, 6.45) is 0.878. The van der Waals surface area contributed by atoms with Crippen LogP contribution < -0.4 is 0 Å². The highest BCUT2D eigenvalue weighted by Crippen LogP contribution is 2.34. The molecule has 1 aliphatic heterocycles. The van der Waals surface area contributed by atoms with Gasteiger partial charge >= 0.3 is 0 Å². The third-order valence-corrected chi connectivity index (χ3v) is 4.57. The number of nitrogens with zero attached hydrogens (tertiary/aromatic N) is 3. The van der Waals surface area contributed by atoms with E-state index in [0.29, 0.717) is 17.3 Å². The fourth-order valence-electron chi connectivity index (χ4n) is 3.35. The molecule has 1 saturated heterocycles. The average molecular weight is 314 g/mol. The summed E-state index contributed by atoms with van der Waals surface area (Å²) in [5, 5.41) is 0. The van der Waals surface area contributed by atoms with Crippen molar-refractivity contribution in [1.82, 2.24) is 14.5 Å². The van der Waals surface area contributed by atoms with E-state index in [2.05, 4.69) is 23.9 Å². The molecule has 2 heterocycles. The van der Waals surface area contributed by atoms with Gasteiger partial charge in [0, 0.05) is 12.6 Å². The van der Waals surface area contributed by atoms with Crippen molar-refractivity contribution in [2.24, 2.45) is 5.92 Å². The normalized spacial score (nSPS) is 23.9. The minimum Gasteiger partial charge on any atom is -0.321 e. The molecule has 2 unspecified atom stereocenters. The molecule has 0 aliphatic carbocycles. The van der Waals surface area contributed by atoms with E-state index in [1.54, 1.807) is 0 Å². The summed E-state index contributed by atoms with van der Waals surface area (Å²) >= 11 is 5.98. The molecule has 0 amide bonds. The molecule has 0 bridgehead atoms. The lowest BCUT2D eigenvalue weighted by Crippen LogP contribution is -2.38. The molecule has 1 fully saturated rings. The Morgan fingerprint density at radius 3 is 2.81 bits per heavy atom. The standard InChI is InChI=1S/C15H18ClF2N3/c1-9-8-20(2)6-5-12(9)21-13(7-16)19-11-4-3-10(17)14(18)15(11)21/h3-4,9,12H,5-8H2,1-2H3.